The third kappa shape index (κ3) is 2.30. The van der Waals surface area contributed by atoms with E-state index >= 15 is 0 Å². The molecule has 0 spiro atoms. The number of rotatable bonds is 2. The van der Waals surface area contributed by atoms with Gasteiger partial charge in [-0.15, -0.1) is 0 Å². The minimum Gasteiger partial charge on any atom is -0.350 e. The highest BCUT2D eigenvalue weighted by Gasteiger charge is 2.58. The first-order valence-corrected chi connectivity index (χ1v) is 5.28. The quantitative estimate of drug-likeness (QED) is 0.533. The summed E-state index contributed by atoms with van der Waals surface area (Å²) in [6.07, 6.45) is 1.13. The standard InChI is InChI=1S/C11H21N3O/c1-7(13-14-9(12)15)8-6-11(8,5)10(2,3)4/h8H,6H2,1-5H3,(H3,12,14,15)/b13-7-. The van der Waals surface area contributed by atoms with E-state index in [-0.39, 0.29) is 5.41 Å². The molecule has 1 saturated carbocycles. The second kappa shape index (κ2) is 3.51. The number of carbonyl (C=O) groups excluding carboxylic acids is 1. The van der Waals surface area contributed by atoms with Crippen molar-refractivity contribution in [3.05, 3.63) is 0 Å². The fraction of sp³-hybridized carbons (Fsp3) is 0.818. The molecule has 3 N–H and O–H groups in total. The van der Waals surface area contributed by atoms with Gasteiger partial charge in [-0.1, -0.05) is 27.7 Å². The van der Waals surface area contributed by atoms with Crippen LogP contribution in [-0.4, -0.2) is 11.7 Å². The SMILES string of the molecule is C/C(=N/NC(N)=O)C1CC1(C)C(C)(C)C. The van der Waals surface area contributed by atoms with Crippen LogP contribution < -0.4 is 11.2 Å². The Morgan fingerprint density at radius 3 is 2.40 bits per heavy atom. The molecule has 0 bridgehead atoms. The summed E-state index contributed by atoms with van der Waals surface area (Å²) in [5.41, 5.74) is 8.76. The van der Waals surface area contributed by atoms with Gasteiger partial charge in [-0.3, -0.25) is 0 Å². The van der Waals surface area contributed by atoms with Crippen LogP contribution in [0.15, 0.2) is 5.10 Å². The summed E-state index contributed by atoms with van der Waals surface area (Å²) < 4.78 is 0. The molecule has 0 saturated heterocycles. The van der Waals surface area contributed by atoms with Crippen molar-refractivity contribution in [2.24, 2.45) is 27.6 Å². The van der Waals surface area contributed by atoms with Crippen LogP contribution in [0.2, 0.25) is 0 Å². The van der Waals surface area contributed by atoms with Crippen molar-refractivity contribution in [1.82, 2.24) is 5.43 Å². The first-order chi connectivity index (χ1) is 6.68. The molecule has 2 unspecified atom stereocenters. The highest BCUT2D eigenvalue weighted by Crippen LogP contribution is 2.63. The van der Waals surface area contributed by atoms with Crippen molar-refractivity contribution in [1.29, 1.82) is 0 Å². The Morgan fingerprint density at radius 1 is 1.53 bits per heavy atom. The number of carbonyl (C=O) groups is 1. The van der Waals surface area contributed by atoms with Gasteiger partial charge in [0.15, 0.2) is 0 Å². The minimum atomic E-state index is -0.604. The van der Waals surface area contributed by atoms with E-state index in [2.05, 4.69) is 38.2 Å². The zero-order chi connectivity index (χ0) is 11.9. The van der Waals surface area contributed by atoms with Crippen LogP contribution in [0.25, 0.3) is 0 Å². The van der Waals surface area contributed by atoms with Crippen LogP contribution in [0.3, 0.4) is 0 Å². The lowest BCUT2D eigenvalue weighted by molar-refractivity contribution is 0.226. The summed E-state index contributed by atoms with van der Waals surface area (Å²) in [5.74, 6) is 0.462. The maximum absolute atomic E-state index is 10.5. The van der Waals surface area contributed by atoms with Gasteiger partial charge in [-0.2, -0.15) is 5.10 Å². The van der Waals surface area contributed by atoms with Gasteiger partial charge in [0.25, 0.3) is 0 Å². The second-order valence-corrected chi connectivity index (χ2v) is 5.65. The van der Waals surface area contributed by atoms with E-state index in [1.54, 1.807) is 0 Å². The average Bonchev–Trinajstić information content (AvgIpc) is 2.74. The Kier molecular flexibility index (Phi) is 2.81. The fourth-order valence-electron chi connectivity index (χ4n) is 2.02. The van der Waals surface area contributed by atoms with Crippen molar-refractivity contribution < 1.29 is 4.79 Å². The molecule has 0 aromatic carbocycles. The summed E-state index contributed by atoms with van der Waals surface area (Å²) in [6.45, 7) is 10.9. The van der Waals surface area contributed by atoms with Crippen molar-refractivity contribution in [3.63, 3.8) is 0 Å². The Bertz CT molecular complexity index is 303. The zero-order valence-corrected chi connectivity index (χ0v) is 10.2. The average molecular weight is 211 g/mol. The lowest BCUT2D eigenvalue weighted by Gasteiger charge is -2.28. The second-order valence-electron chi connectivity index (χ2n) is 5.65. The van der Waals surface area contributed by atoms with Gasteiger partial charge in [-0.05, 0) is 24.2 Å². The van der Waals surface area contributed by atoms with Crippen LogP contribution in [0.5, 0.6) is 0 Å². The van der Waals surface area contributed by atoms with E-state index in [9.17, 15) is 4.79 Å². The Hall–Kier alpha value is -1.06. The van der Waals surface area contributed by atoms with Gasteiger partial charge in [0.05, 0.1) is 0 Å². The lowest BCUT2D eigenvalue weighted by Crippen LogP contribution is -2.27. The molecule has 0 radical (unpaired) electrons. The van der Waals surface area contributed by atoms with Gasteiger partial charge < -0.3 is 5.73 Å². The number of amides is 2. The Balaban J connectivity index is 2.64. The summed E-state index contributed by atoms with van der Waals surface area (Å²) >= 11 is 0. The number of nitrogens with one attached hydrogen (secondary N) is 1. The molecule has 1 aliphatic rings. The summed E-state index contributed by atoms with van der Waals surface area (Å²) in [6, 6.07) is -0.604. The number of nitrogens with two attached hydrogens (primary N) is 1. The molecule has 15 heavy (non-hydrogen) atoms. The van der Waals surface area contributed by atoms with Gasteiger partial charge in [0.1, 0.15) is 0 Å². The molecule has 0 aliphatic heterocycles. The van der Waals surface area contributed by atoms with Crippen LogP contribution in [-0.2, 0) is 0 Å². The topological polar surface area (TPSA) is 67.5 Å². The molecule has 4 nitrogen and oxygen atoms in total. The highest BCUT2D eigenvalue weighted by molar-refractivity contribution is 5.89. The van der Waals surface area contributed by atoms with E-state index in [4.69, 9.17) is 5.73 Å². The van der Waals surface area contributed by atoms with Crippen LogP contribution in [0, 0.1) is 16.7 Å². The van der Waals surface area contributed by atoms with Crippen LogP contribution >= 0.6 is 0 Å². The molecule has 1 aliphatic carbocycles. The van der Waals surface area contributed by atoms with Gasteiger partial charge in [0.2, 0.25) is 0 Å². The van der Waals surface area contributed by atoms with E-state index < -0.39 is 6.03 Å². The van der Waals surface area contributed by atoms with E-state index in [1.807, 2.05) is 6.92 Å². The number of hydrazone groups is 1. The predicted molar refractivity (Wildman–Crippen MR) is 61.5 cm³/mol. The predicted octanol–water partition coefficient (Wildman–Crippen LogP) is 2.10. The number of nitrogens with zero attached hydrogens (tertiary/aromatic N) is 1. The summed E-state index contributed by atoms with van der Waals surface area (Å²) in [7, 11) is 0. The van der Waals surface area contributed by atoms with Crippen molar-refractivity contribution in [2.75, 3.05) is 0 Å². The highest BCUT2D eigenvalue weighted by atomic mass is 16.2. The Morgan fingerprint density at radius 2 is 2.07 bits per heavy atom. The third-order valence-corrected chi connectivity index (χ3v) is 3.80. The van der Waals surface area contributed by atoms with Crippen molar-refractivity contribution in [2.45, 2.75) is 41.0 Å². The van der Waals surface area contributed by atoms with E-state index in [0.29, 0.717) is 11.3 Å². The van der Waals surface area contributed by atoms with E-state index in [1.165, 1.54) is 0 Å². The van der Waals surface area contributed by atoms with Crippen molar-refractivity contribution >= 4 is 11.7 Å². The lowest BCUT2D eigenvalue weighted by atomic mass is 9.77. The van der Waals surface area contributed by atoms with Crippen molar-refractivity contribution in [3.8, 4) is 0 Å². The molecule has 1 fully saturated rings. The monoisotopic (exact) mass is 211 g/mol. The number of urea groups is 1. The fourth-order valence-corrected chi connectivity index (χ4v) is 2.02. The molecule has 0 aromatic heterocycles. The number of hydrogen-bond acceptors (Lipinski definition) is 2. The first-order valence-electron chi connectivity index (χ1n) is 5.28. The molecule has 2 atom stereocenters. The van der Waals surface area contributed by atoms with Gasteiger partial charge in [-0.25, -0.2) is 10.2 Å². The van der Waals surface area contributed by atoms with Crippen LogP contribution in [0.4, 0.5) is 4.79 Å². The third-order valence-electron chi connectivity index (χ3n) is 3.80. The maximum atomic E-state index is 10.5. The van der Waals surface area contributed by atoms with Gasteiger partial charge in [0, 0.05) is 11.6 Å². The molecule has 0 aromatic rings. The smallest absolute Gasteiger partial charge is 0.332 e. The van der Waals surface area contributed by atoms with E-state index in [0.717, 1.165) is 12.1 Å². The minimum absolute atomic E-state index is 0.265. The normalized spacial score (nSPS) is 31.3. The molecule has 2 amide bonds. The molecular weight excluding hydrogens is 190 g/mol. The summed E-state index contributed by atoms with van der Waals surface area (Å²) in [5, 5.41) is 3.99. The molecular formula is C11H21N3O. The number of hydrogen-bond donors (Lipinski definition) is 2. The molecule has 0 heterocycles. The molecule has 1 rings (SSSR count). The van der Waals surface area contributed by atoms with Crippen LogP contribution in [0.1, 0.15) is 41.0 Å². The zero-order valence-electron chi connectivity index (χ0n) is 10.2. The van der Waals surface area contributed by atoms with Gasteiger partial charge >= 0.3 is 6.03 Å². The summed E-state index contributed by atoms with van der Waals surface area (Å²) in [4.78, 5) is 10.5. The molecule has 86 valence electrons. The molecule has 4 heteroatoms. The first kappa shape index (κ1) is 12.0. The number of primary amides is 1. The Labute approximate surface area is 91.3 Å². The maximum Gasteiger partial charge on any atom is 0.332 e. The largest absolute Gasteiger partial charge is 0.350 e.